The van der Waals surface area contributed by atoms with Gasteiger partial charge >= 0.3 is 0 Å². The van der Waals surface area contributed by atoms with Gasteiger partial charge in [-0.1, -0.05) is 12.1 Å². The maximum atomic E-state index is 11.7. The summed E-state index contributed by atoms with van der Waals surface area (Å²) in [6.07, 6.45) is 1.54. The largest absolute Gasteiger partial charge is 0.493 e. The molecule has 0 spiro atoms. The van der Waals surface area contributed by atoms with Crippen LogP contribution in [-0.2, 0) is 0 Å². The van der Waals surface area contributed by atoms with Crippen molar-refractivity contribution in [2.75, 3.05) is 6.61 Å². The molecule has 2 rings (SSSR count). The maximum Gasteiger partial charge on any atom is 0.291 e. The zero-order chi connectivity index (χ0) is 14.4. The summed E-state index contributed by atoms with van der Waals surface area (Å²) in [5.74, 6) is 0.364. The number of aryl methyl sites for hydroxylation is 1. The predicted octanol–water partition coefficient (Wildman–Crippen LogP) is 1.88. The molecule has 0 unspecified atom stereocenters. The van der Waals surface area contributed by atoms with Crippen LogP contribution in [0.25, 0.3) is 0 Å². The van der Waals surface area contributed by atoms with Crippen LogP contribution in [0.5, 0.6) is 5.75 Å². The molecule has 104 valence electrons. The average Bonchev–Trinajstić information content (AvgIpc) is 2.88. The molecule has 6 nitrogen and oxygen atoms in total. The van der Waals surface area contributed by atoms with Gasteiger partial charge in [0.15, 0.2) is 5.69 Å². The standard InChI is InChI=1S/C14H16N4O2/c1-3-20-13-7-5-4-6-11(13)9-15-18-14(19)12-8-10(2)16-17-12/h4-9H,3H2,1-2H3,(H,16,17)(H,18,19). The fourth-order valence-electron chi connectivity index (χ4n) is 1.63. The lowest BCUT2D eigenvalue weighted by atomic mass is 10.2. The minimum atomic E-state index is -0.362. The molecule has 0 atom stereocenters. The highest BCUT2D eigenvalue weighted by molar-refractivity contribution is 5.93. The topological polar surface area (TPSA) is 79.4 Å². The van der Waals surface area contributed by atoms with Crippen molar-refractivity contribution in [3.8, 4) is 5.75 Å². The van der Waals surface area contributed by atoms with Gasteiger partial charge in [-0.05, 0) is 32.0 Å². The number of hydrogen-bond donors (Lipinski definition) is 2. The van der Waals surface area contributed by atoms with Crippen LogP contribution in [0, 0.1) is 6.92 Å². The van der Waals surface area contributed by atoms with Crippen LogP contribution in [-0.4, -0.2) is 28.9 Å². The molecule has 20 heavy (non-hydrogen) atoms. The fourth-order valence-corrected chi connectivity index (χ4v) is 1.63. The number of nitrogens with one attached hydrogen (secondary N) is 2. The molecule has 0 saturated carbocycles. The second kappa shape index (κ2) is 6.51. The van der Waals surface area contributed by atoms with Crippen LogP contribution in [0.15, 0.2) is 35.4 Å². The molecular formula is C14H16N4O2. The Morgan fingerprint density at radius 1 is 1.50 bits per heavy atom. The predicted molar refractivity (Wildman–Crippen MR) is 76.0 cm³/mol. The Labute approximate surface area is 116 Å². The van der Waals surface area contributed by atoms with Crippen molar-refractivity contribution in [2.24, 2.45) is 5.10 Å². The molecule has 1 amide bonds. The molecule has 0 radical (unpaired) electrons. The summed E-state index contributed by atoms with van der Waals surface area (Å²) in [7, 11) is 0. The summed E-state index contributed by atoms with van der Waals surface area (Å²) in [5.41, 5.74) is 4.35. The highest BCUT2D eigenvalue weighted by Crippen LogP contribution is 2.15. The number of para-hydroxylation sites is 1. The first kappa shape index (κ1) is 13.8. The van der Waals surface area contributed by atoms with E-state index in [0.29, 0.717) is 12.3 Å². The first-order valence-corrected chi connectivity index (χ1v) is 6.28. The van der Waals surface area contributed by atoms with Crippen molar-refractivity contribution in [1.82, 2.24) is 15.6 Å². The molecule has 1 aromatic heterocycles. The lowest BCUT2D eigenvalue weighted by Crippen LogP contribution is -2.18. The van der Waals surface area contributed by atoms with E-state index < -0.39 is 0 Å². The first-order valence-electron chi connectivity index (χ1n) is 6.28. The number of carbonyl (C=O) groups excluding carboxylic acids is 1. The molecule has 0 saturated heterocycles. The smallest absolute Gasteiger partial charge is 0.291 e. The van der Waals surface area contributed by atoms with E-state index in [1.807, 2.05) is 38.1 Å². The first-order chi connectivity index (χ1) is 9.70. The van der Waals surface area contributed by atoms with Gasteiger partial charge in [0.05, 0.1) is 12.8 Å². The van der Waals surface area contributed by atoms with Gasteiger partial charge in [-0.3, -0.25) is 9.89 Å². The number of benzene rings is 1. The molecule has 2 aromatic rings. The van der Waals surface area contributed by atoms with Crippen molar-refractivity contribution < 1.29 is 9.53 Å². The van der Waals surface area contributed by atoms with Crippen LogP contribution in [0.1, 0.15) is 28.7 Å². The van der Waals surface area contributed by atoms with Crippen molar-refractivity contribution in [3.63, 3.8) is 0 Å². The van der Waals surface area contributed by atoms with E-state index in [2.05, 4.69) is 20.7 Å². The zero-order valence-electron chi connectivity index (χ0n) is 11.4. The number of H-pyrrole nitrogens is 1. The molecule has 0 aliphatic carbocycles. The number of ether oxygens (including phenoxy) is 1. The SMILES string of the molecule is CCOc1ccccc1C=NNC(=O)c1cc(C)[nH]n1. The highest BCUT2D eigenvalue weighted by atomic mass is 16.5. The summed E-state index contributed by atoms with van der Waals surface area (Å²) < 4.78 is 5.46. The van der Waals surface area contributed by atoms with Crippen molar-refractivity contribution in [3.05, 3.63) is 47.3 Å². The summed E-state index contributed by atoms with van der Waals surface area (Å²) in [5, 5.41) is 10.5. The Morgan fingerprint density at radius 3 is 3.00 bits per heavy atom. The van der Waals surface area contributed by atoms with E-state index in [0.717, 1.165) is 17.0 Å². The van der Waals surface area contributed by atoms with Gasteiger partial charge in [0.2, 0.25) is 0 Å². The number of hydrogen-bond acceptors (Lipinski definition) is 4. The Balaban J connectivity index is 2.01. The van der Waals surface area contributed by atoms with E-state index in [1.165, 1.54) is 0 Å². The van der Waals surface area contributed by atoms with Crippen LogP contribution in [0.2, 0.25) is 0 Å². The third kappa shape index (κ3) is 3.44. The molecule has 6 heteroatoms. The highest BCUT2D eigenvalue weighted by Gasteiger charge is 2.07. The normalized spacial score (nSPS) is 10.7. The van der Waals surface area contributed by atoms with Gasteiger partial charge in [0.1, 0.15) is 5.75 Å². The average molecular weight is 272 g/mol. The Morgan fingerprint density at radius 2 is 2.30 bits per heavy atom. The van der Waals surface area contributed by atoms with Gasteiger partial charge in [-0.2, -0.15) is 10.2 Å². The number of aromatic amines is 1. The maximum absolute atomic E-state index is 11.7. The number of carbonyl (C=O) groups is 1. The third-order valence-corrected chi connectivity index (χ3v) is 2.53. The summed E-state index contributed by atoms with van der Waals surface area (Å²) in [6, 6.07) is 9.12. The molecule has 0 bridgehead atoms. The zero-order valence-corrected chi connectivity index (χ0v) is 11.4. The molecule has 0 aliphatic rings. The Kier molecular flexibility index (Phi) is 4.49. The lowest BCUT2D eigenvalue weighted by Gasteiger charge is -2.05. The molecular weight excluding hydrogens is 256 g/mol. The van der Waals surface area contributed by atoms with E-state index >= 15 is 0 Å². The minimum Gasteiger partial charge on any atom is -0.493 e. The molecule has 1 heterocycles. The summed E-state index contributed by atoms with van der Waals surface area (Å²) >= 11 is 0. The second-order valence-corrected chi connectivity index (χ2v) is 4.11. The van der Waals surface area contributed by atoms with E-state index in [4.69, 9.17) is 4.74 Å². The fraction of sp³-hybridized carbons (Fsp3) is 0.214. The third-order valence-electron chi connectivity index (χ3n) is 2.53. The van der Waals surface area contributed by atoms with Crippen LogP contribution >= 0.6 is 0 Å². The van der Waals surface area contributed by atoms with Crippen molar-refractivity contribution in [1.29, 1.82) is 0 Å². The van der Waals surface area contributed by atoms with Gasteiger partial charge in [-0.15, -0.1) is 0 Å². The van der Waals surface area contributed by atoms with Gasteiger partial charge in [-0.25, -0.2) is 5.43 Å². The van der Waals surface area contributed by atoms with Gasteiger partial charge < -0.3 is 4.74 Å². The minimum absolute atomic E-state index is 0.303. The second-order valence-electron chi connectivity index (χ2n) is 4.11. The van der Waals surface area contributed by atoms with E-state index in [9.17, 15) is 4.79 Å². The monoisotopic (exact) mass is 272 g/mol. The Hall–Kier alpha value is -2.63. The molecule has 2 N–H and O–H groups in total. The van der Waals surface area contributed by atoms with Crippen molar-refractivity contribution in [2.45, 2.75) is 13.8 Å². The van der Waals surface area contributed by atoms with Crippen LogP contribution < -0.4 is 10.2 Å². The van der Waals surface area contributed by atoms with Crippen molar-refractivity contribution >= 4 is 12.1 Å². The quantitative estimate of drug-likeness (QED) is 0.644. The van der Waals surface area contributed by atoms with E-state index in [1.54, 1.807) is 12.3 Å². The van der Waals surface area contributed by atoms with Gasteiger partial charge in [0.25, 0.3) is 5.91 Å². The summed E-state index contributed by atoms with van der Waals surface area (Å²) in [6.45, 7) is 4.31. The summed E-state index contributed by atoms with van der Waals surface area (Å²) in [4.78, 5) is 11.7. The molecule has 1 aromatic carbocycles. The lowest BCUT2D eigenvalue weighted by molar-refractivity contribution is 0.0950. The van der Waals surface area contributed by atoms with Crippen LogP contribution in [0.4, 0.5) is 0 Å². The molecule has 0 aliphatic heterocycles. The number of nitrogens with zero attached hydrogens (tertiary/aromatic N) is 2. The van der Waals surface area contributed by atoms with Crippen LogP contribution in [0.3, 0.4) is 0 Å². The molecule has 0 fully saturated rings. The number of rotatable bonds is 5. The van der Waals surface area contributed by atoms with Gasteiger partial charge in [0, 0.05) is 11.3 Å². The number of aromatic nitrogens is 2. The number of hydrazone groups is 1. The number of amides is 1. The van der Waals surface area contributed by atoms with E-state index in [-0.39, 0.29) is 5.91 Å². The Bertz CT molecular complexity index is 619.